The van der Waals surface area contributed by atoms with Crippen LogP contribution in [-0.2, 0) is 17.9 Å². The molecule has 0 unspecified atom stereocenters. The van der Waals surface area contributed by atoms with Crippen molar-refractivity contribution in [2.45, 2.75) is 38.4 Å². The van der Waals surface area contributed by atoms with Gasteiger partial charge in [-0.1, -0.05) is 36.4 Å². The quantitative estimate of drug-likeness (QED) is 0.289. The van der Waals surface area contributed by atoms with Gasteiger partial charge >= 0.3 is 6.03 Å². The van der Waals surface area contributed by atoms with E-state index >= 15 is 0 Å². The van der Waals surface area contributed by atoms with Gasteiger partial charge in [-0.3, -0.25) is 9.69 Å². The van der Waals surface area contributed by atoms with Gasteiger partial charge < -0.3 is 14.2 Å². The number of methoxy groups -OCH3 is 1. The summed E-state index contributed by atoms with van der Waals surface area (Å²) in [4.78, 5) is 37.4. The number of piperidine rings is 1. The number of anilines is 1. The number of halogens is 1. The van der Waals surface area contributed by atoms with Crippen LogP contribution in [0, 0.1) is 12.7 Å². The summed E-state index contributed by atoms with van der Waals surface area (Å²) in [6.07, 6.45) is 4.64. The minimum absolute atomic E-state index is 0.0207. The average Bonchev–Trinajstić information content (AvgIpc) is 3.50. The topological polar surface area (TPSA) is 70.9 Å². The van der Waals surface area contributed by atoms with Crippen LogP contribution < -0.4 is 9.64 Å². The number of carbonyl (C=O) groups excluding carboxylic acids is 2. The maximum absolute atomic E-state index is 14.7. The molecule has 0 saturated carbocycles. The summed E-state index contributed by atoms with van der Waals surface area (Å²) in [7, 11) is 1.54. The van der Waals surface area contributed by atoms with Crippen molar-refractivity contribution in [1.82, 2.24) is 19.4 Å². The van der Waals surface area contributed by atoms with Crippen molar-refractivity contribution in [2.24, 2.45) is 0 Å². The van der Waals surface area contributed by atoms with Crippen molar-refractivity contribution in [3.8, 4) is 11.4 Å². The largest absolute Gasteiger partial charge is 0.497 e. The summed E-state index contributed by atoms with van der Waals surface area (Å²) in [6, 6.07) is 21.3. The second kappa shape index (κ2) is 10.8. The molecule has 8 nitrogen and oxygen atoms in total. The van der Waals surface area contributed by atoms with Gasteiger partial charge in [0.2, 0.25) is 0 Å². The molecule has 4 aromatic rings. The van der Waals surface area contributed by atoms with Gasteiger partial charge in [-0.2, -0.15) is 0 Å². The molecule has 3 aromatic carbocycles. The van der Waals surface area contributed by atoms with Crippen molar-refractivity contribution in [1.29, 1.82) is 0 Å². The molecule has 0 bridgehead atoms. The highest BCUT2D eigenvalue weighted by Crippen LogP contribution is 2.41. The standard InChI is InChI=1S/C32H32FN5O3/c1-23-34-16-19-36(23)26-12-10-24(11-13-26)21-35-17-14-32(15-18-35)30(39)38(27-7-5-8-28(20-27)41-2)31(40)37(32)22-25-6-3-4-9-29(25)33/h3-13,16,19-20H,14-15,17-18,21-22H2,1-2H3. The van der Waals surface area contributed by atoms with E-state index in [1.807, 2.05) is 17.7 Å². The Morgan fingerprint density at radius 3 is 2.37 bits per heavy atom. The first-order valence-corrected chi connectivity index (χ1v) is 13.7. The maximum atomic E-state index is 14.7. The zero-order chi connectivity index (χ0) is 28.6. The molecule has 210 valence electrons. The van der Waals surface area contributed by atoms with E-state index in [9.17, 15) is 14.0 Å². The Morgan fingerprint density at radius 1 is 0.927 bits per heavy atom. The fourth-order valence-corrected chi connectivity index (χ4v) is 5.94. The van der Waals surface area contributed by atoms with Gasteiger partial charge in [0.05, 0.1) is 19.3 Å². The molecule has 0 atom stereocenters. The van der Waals surface area contributed by atoms with E-state index in [1.54, 1.807) is 60.7 Å². The lowest BCUT2D eigenvalue weighted by Gasteiger charge is -2.42. The molecule has 3 heterocycles. The maximum Gasteiger partial charge on any atom is 0.332 e. The van der Waals surface area contributed by atoms with Crippen molar-refractivity contribution < 1.29 is 18.7 Å². The first kappa shape index (κ1) is 26.7. The van der Waals surface area contributed by atoms with E-state index in [2.05, 4.69) is 34.1 Å². The SMILES string of the molecule is COc1cccc(N2C(=O)N(Cc3ccccc3F)C3(CCN(Cc4ccc(-n5ccnc5C)cc4)CC3)C2=O)c1. The summed E-state index contributed by atoms with van der Waals surface area (Å²) in [6.45, 7) is 3.97. The summed E-state index contributed by atoms with van der Waals surface area (Å²) in [5.74, 6) is 0.813. The van der Waals surface area contributed by atoms with Gasteiger partial charge in [0, 0.05) is 49.3 Å². The molecule has 1 spiro atoms. The second-order valence-corrected chi connectivity index (χ2v) is 10.6. The highest BCUT2D eigenvalue weighted by Gasteiger charge is 2.58. The van der Waals surface area contributed by atoms with Crippen molar-refractivity contribution >= 4 is 17.6 Å². The number of likely N-dealkylation sites (tertiary alicyclic amines) is 1. The Balaban J connectivity index is 1.24. The predicted octanol–water partition coefficient (Wildman–Crippen LogP) is 5.33. The molecular weight excluding hydrogens is 521 g/mol. The van der Waals surface area contributed by atoms with E-state index in [4.69, 9.17) is 4.74 Å². The lowest BCUT2D eigenvalue weighted by Crippen LogP contribution is -2.56. The third-order valence-corrected chi connectivity index (χ3v) is 8.27. The number of imidazole rings is 1. The normalized spacial score (nSPS) is 17.0. The van der Waals surface area contributed by atoms with Crippen LogP contribution in [0.25, 0.3) is 5.69 Å². The predicted molar refractivity (Wildman–Crippen MR) is 153 cm³/mol. The van der Waals surface area contributed by atoms with Crippen LogP contribution in [0.5, 0.6) is 5.75 Å². The smallest absolute Gasteiger partial charge is 0.332 e. The molecule has 41 heavy (non-hydrogen) atoms. The van der Waals surface area contributed by atoms with E-state index in [0.717, 1.165) is 23.6 Å². The van der Waals surface area contributed by atoms with Gasteiger partial charge in [0.15, 0.2) is 0 Å². The molecular formula is C32H32FN5O3. The third kappa shape index (κ3) is 4.86. The number of imide groups is 1. The molecule has 2 fully saturated rings. The molecule has 6 rings (SSSR count). The first-order chi connectivity index (χ1) is 19.9. The van der Waals surface area contributed by atoms with Crippen molar-refractivity contribution in [3.63, 3.8) is 0 Å². The zero-order valence-corrected chi connectivity index (χ0v) is 23.2. The molecule has 0 radical (unpaired) electrons. The summed E-state index contributed by atoms with van der Waals surface area (Å²) in [5.41, 5.74) is 2.00. The minimum Gasteiger partial charge on any atom is -0.497 e. The third-order valence-electron chi connectivity index (χ3n) is 8.27. The zero-order valence-electron chi connectivity index (χ0n) is 23.2. The summed E-state index contributed by atoms with van der Waals surface area (Å²) < 4.78 is 22.1. The van der Waals surface area contributed by atoms with Crippen molar-refractivity contribution in [2.75, 3.05) is 25.1 Å². The summed E-state index contributed by atoms with van der Waals surface area (Å²) in [5, 5.41) is 0. The highest BCUT2D eigenvalue weighted by atomic mass is 19.1. The molecule has 9 heteroatoms. The number of urea groups is 1. The highest BCUT2D eigenvalue weighted by molar-refractivity contribution is 6.23. The number of amides is 3. The molecule has 3 amide bonds. The van der Waals surface area contributed by atoms with Crippen LogP contribution >= 0.6 is 0 Å². The Morgan fingerprint density at radius 2 is 1.68 bits per heavy atom. The average molecular weight is 554 g/mol. The molecule has 0 aliphatic carbocycles. The van der Waals surface area contributed by atoms with Crippen LogP contribution in [0.4, 0.5) is 14.9 Å². The number of carbonyl (C=O) groups is 2. The number of rotatable bonds is 7. The minimum atomic E-state index is -1.05. The number of ether oxygens (including phenoxy) is 1. The lowest BCUT2D eigenvalue weighted by atomic mass is 9.85. The van der Waals surface area contributed by atoms with Crippen LogP contribution in [0.1, 0.15) is 29.8 Å². The number of hydrogen-bond acceptors (Lipinski definition) is 5. The lowest BCUT2D eigenvalue weighted by molar-refractivity contribution is -0.127. The molecule has 2 aliphatic heterocycles. The van der Waals surface area contributed by atoms with Crippen LogP contribution in [0.3, 0.4) is 0 Å². The fourth-order valence-electron chi connectivity index (χ4n) is 5.94. The van der Waals surface area contributed by atoms with Crippen LogP contribution in [0.15, 0.2) is 85.2 Å². The molecule has 2 saturated heterocycles. The van der Waals surface area contributed by atoms with Gasteiger partial charge in [-0.25, -0.2) is 19.1 Å². The number of aryl methyl sites for hydroxylation is 1. The molecule has 2 aliphatic rings. The van der Waals surface area contributed by atoms with Crippen LogP contribution in [0.2, 0.25) is 0 Å². The monoisotopic (exact) mass is 553 g/mol. The summed E-state index contributed by atoms with van der Waals surface area (Å²) >= 11 is 0. The van der Waals surface area contributed by atoms with Gasteiger partial charge in [0.1, 0.15) is 22.9 Å². The number of aromatic nitrogens is 2. The number of benzene rings is 3. The van der Waals surface area contributed by atoms with E-state index in [0.29, 0.717) is 42.9 Å². The Labute approximate surface area is 238 Å². The van der Waals surface area contributed by atoms with Crippen molar-refractivity contribution in [3.05, 3.63) is 108 Å². The second-order valence-electron chi connectivity index (χ2n) is 10.6. The van der Waals surface area contributed by atoms with E-state index < -0.39 is 17.4 Å². The Bertz CT molecular complexity index is 1580. The Kier molecular flexibility index (Phi) is 7.05. The van der Waals surface area contributed by atoms with E-state index in [-0.39, 0.29) is 12.5 Å². The number of hydrogen-bond donors (Lipinski definition) is 0. The molecule has 0 N–H and O–H groups in total. The first-order valence-electron chi connectivity index (χ1n) is 13.7. The van der Waals surface area contributed by atoms with Gasteiger partial charge in [0.25, 0.3) is 5.91 Å². The Hall–Kier alpha value is -4.50. The number of nitrogens with zero attached hydrogens (tertiary/aromatic N) is 5. The molecule has 1 aromatic heterocycles. The van der Waals surface area contributed by atoms with Gasteiger partial charge in [-0.15, -0.1) is 0 Å². The van der Waals surface area contributed by atoms with Crippen LogP contribution in [-0.4, -0.2) is 57.0 Å². The van der Waals surface area contributed by atoms with Gasteiger partial charge in [-0.05, 0) is 55.7 Å². The van der Waals surface area contributed by atoms with E-state index in [1.165, 1.54) is 11.0 Å². The fraction of sp³-hybridized carbons (Fsp3) is 0.281.